The molecule has 1 aliphatic rings. The first-order valence-corrected chi connectivity index (χ1v) is 9.79. The molecule has 7 heteroatoms. The van der Waals surface area contributed by atoms with Crippen LogP contribution in [-0.2, 0) is 0 Å². The maximum absolute atomic E-state index is 10.4. The fourth-order valence-corrected chi connectivity index (χ4v) is 3.65. The Morgan fingerprint density at radius 2 is 1.93 bits per heavy atom. The zero-order valence-electron chi connectivity index (χ0n) is 15.4. The number of phenols is 1. The van der Waals surface area contributed by atoms with Crippen molar-refractivity contribution in [1.29, 1.82) is 0 Å². The molecule has 0 saturated heterocycles. The molecule has 29 heavy (non-hydrogen) atoms. The highest BCUT2D eigenvalue weighted by molar-refractivity contribution is 9.10. The molecule has 4 aromatic rings. The summed E-state index contributed by atoms with van der Waals surface area (Å²) in [6.45, 7) is 2.25. The molecule has 5 rings (SSSR count). The van der Waals surface area contributed by atoms with Crippen LogP contribution in [0, 0.1) is 6.92 Å². The number of aryl methyl sites for hydroxylation is 1. The van der Waals surface area contributed by atoms with Crippen molar-refractivity contribution in [2.75, 3.05) is 6.79 Å². The maximum atomic E-state index is 10.4. The van der Waals surface area contributed by atoms with Crippen LogP contribution < -0.4 is 9.47 Å². The number of aromatic amines is 1. The molecule has 0 radical (unpaired) electrons. The van der Waals surface area contributed by atoms with E-state index in [1.165, 1.54) is 0 Å². The van der Waals surface area contributed by atoms with Crippen molar-refractivity contribution in [2.45, 2.75) is 6.92 Å². The van der Waals surface area contributed by atoms with Crippen molar-refractivity contribution in [2.24, 2.45) is 4.99 Å². The summed E-state index contributed by atoms with van der Waals surface area (Å²) in [7, 11) is 0. The predicted molar refractivity (Wildman–Crippen MR) is 115 cm³/mol. The molecule has 0 amide bonds. The van der Waals surface area contributed by atoms with Gasteiger partial charge in [-0.1, -0.05) is 6.07 Å². The molecule has 0 spiro atoms. The van der Waals surface area contributed by atoms with Crippen molar-refractivity contribution >= 4 is 38.9 Å². The van der Waals surface area contributed by atoms with E-state index in [4.69, 9.17) is 9.47 Å². The van der Waals surface area contributed by atoms with E-state index in [1.807, 2.05) is 37.3 Å². The number of H-pyrrole nitrogens is 1. The third kappa shape index (κ3) is 3.34. The topological polar surface area (TPSA) is 79.7 Å². The summed E-state index contributed by atoms with van der Waals surface area (Å²) < 4.78 is 11.7. The number of aliphatic imine (C=N–C) groups is 1. The Bertz CT molecular complexity index is 1280. The summed E-state index contributed by atoms with van der Waals surface area (Å²) >= 11 is 3.53. The normalized spacial score (nSPS) is 12.9. The number of ether oxygens (including phenoxy) is 2. The minimum Gasteiger partial charge on any atom is -0.507 e. The van der Waals surface area contributed by atoms with E-state index in [-0.39, 0.29) is 12.5 Å². The quantitative estimate of drug-likeness (QED) is 0.405. The lowest BCUT2D eigenvalue weighted by Crippen LogP contribution is -1.92. The second-order valence-electron chi connectivity index (χ2n) is 6.79. The van der Waals surface area contributed by atoms with Gasteiger partial charge in [-0.25, -0.2) is 4.98 Å². The molecule has 0 fully saturated rings. The van der Waals surface area contributed by atoms with E-state index in [2.05, 4.69) is 30.9 Å². The maximum Gasteiger partial charge on any atom is 0.231 e. The smallest absolute Gasteiger partial charge is 0.231 e. The van der Waals surface area contributed by atoms with E-state index in [1.54, 1.807) is 24.4 Å². The molecule has 2 heterocycles. The van der Waals surface area contributed by atoms with Crippen LogP contribution in [0.5, 0.6) is 17.2 Å². The third-order valence-corrected chi connectivity index (χ3v) is 5.40. The van der Waals surface area contributed by atoms with Crippen LogP contribution in [0.1, 0.15) is 11.1 Å². The Morgan fingerprint density at radius 3 is 2.79 bits per heavy atom. The highest BCUT2D eigenvalue weighted by Crippen LogP contribution is 2.37. The number of rotatable bonds is 3. The Labute approximate surface area is 175 Å². The van der Waals surface area contributed by atoms with Crippen molar-refractivity contribution in [3.8, 4) is 28.6 Å². The van der Waals surface area contributed by atoms with Crippen molar-refractivity contribution in [3.05, 3.63) is 64.1 Å². The number of nitrogens with zero attached hydrogens (tertiary/aromatic N) is 2. The standard InChI is InChI=1S/C22H16BrN3O3/c1-12-2-4-17-18(6-12)26-22(25-17)15-8-14(3-5-19(15)27)24-10-13-7-20-21(9-16(13)23)29-11-28-20/h2-10,27H,11H2,1H3,(H,25,26). The molecule has 3 aromatic carbocycles. The van der Waals surface area contributed by atoms with Crippen molar-refractivity contribution in [3.63, 3.8) is 0 Å². The summed E-state index contributed by atoms with van der Waals surface area (Å²) in [6, 6.07) is 14.9. The second-order valence-corrected chi connectivity index (χ2v) is 7.65. The zero-order valence-corrected chi connectivity index (χ0v) is 17.0. The molecular formula is C22H16BrN3O3. The molecule has 0 aliphatic carbocycles. The average Bonchev–Trinajstić information content (AvgIpc) is 3.32. The number of fused-ring (bicyclic) bond motifs is 2. The van der Waals surface area contributed by atoms with Crippen LogP contribution in [-0.4, -0.2) is 28.1 Å². The van der Waals surface area contributed by atoms with Crippen molar-refractivity contribution in [1.82, 2.24) is 9.97 Å². The molecule has 0 saturated carbocycles. The minimum absolute atomic E-state index is 0.143. The molecule has 2 N–H and O–H groups in total. The molecule has 144 valence electrons. The van der Waals surface area contributed by atoms with Crippen molar-refractivity contribution < 1.29 is 14.6 Å². The SMILES string of the molecule is Cc1ccc2nc(-c3cc(N=Cc4cc5c(cc4Br)OCO5)ccc3O)[nH]c2c1. The van der Waals surface area contributed by atoms with Gasteiger partial charge in [0.15, 0.2) is 11.5 Å². The van der Waals surface area contributed by atoms with Crippen LogP contribution >= 0.6 is 15.9 Å². The number of hydrogen-bond acceptors (Lipinski definition) is 5. The van der Waals surface area contributed by atoms with Crippen LogP contribution in [0.15, 0.2) is 58.0 Å². The zero-order chi connectivity index (χ0) is 20.0. The van der Waals surface area contributed by atoms with E-state index < -0.39 is 0 Å². The van der Waals surface area contributed by atoms with Gasteiger partial charge in [0.05, 0.1) is 22.3 Å². The Balaban J connectivity index is 1.50. The summed E-state index contributed by atoms with van der Waals surface area (Å²) in [6.07, 6.45) is 1.74. The van der Waals surface area contributed by atoms with Gasteiger partial charge < -0.3 is 19.6 Å². The number of phenolic OH excluding ortho intramolecular Hbond substituents is 1. The monoisotopic (exact) mass is 449 g/mol. The van der Waals surface area contributed by atoms with E-state index in [0.717, 1.165) is 26.6 Å². The van der Waals surface area contributed by atoms with Gasteiger partial charge in [-0.2, -0.15) is 0 Å². The number of aromatic nitrogens is 2. The van der Waals surface area contributed by atoms with Gasteiger partial charge in [0, 0.05) is 16.3 Å². The molecule has 6 nitrogen and oxygen atoms in total. The van der Waals surface area contributed by atoms with Gasteiger partial charge in [-0.3, -0.25) is 4.99 Å². The molecular weight excluding hydrogens is 434 g/mol. The highest BCUT2D eigenvalue weighted by atomic mass is 79.9. The van der Waals surface area contributed by atoms with Crippen LogP contribution in [0.25, 0.3) is 22.4 Å². The predicted octanol–water partition coefficient (Wildman–Crippen LogP) is 5.49. The van der Waals surface area contributed by atoms with Gasteiger partial charge in [0.25, 0.3) is 0 Å². The minimum atomic E-state index is 0.143. The lowest BCUT2D eigenvalue weighted by Gasteiger charge is -2.04. The van der Waals surface area contributed by atoms with E-state index in [9.17, 15) is 5.11 Å². The number of aromatic hydroxyl groups is 1. The van der Waals surface area contributed by atoms with Gasteiger partial charge >= 0.3 is 0 Å². The summed E-state index contributed by atoms with van der Waals surface area (Å²) in [5, 5.41) is 10.4. The van der Waals surface area contributed by atoms with Gasteiger partial charge in [0.1, 0.15) is 11.6 Å². The second kappa shape index (κ2) is 6.93. The molecule has 0 unspecified atom stereocenters. The first-order chi connectivity index (χ1) is 14.1. The Kier molecular flexibility index (Phi) is 4.24. The van der Waals surface area contributed by atoms with Crippen LogP contribution in [0.3, 0.4) is 0 Å². The molecule has 1 aromatic heterocycles. The molecule has 1 aliphatic heterocycles. The Hall–Kier alpha value is -3.32. The lowest BCUT2D eigenvalue weighted by molar-refractivity contribution is 0.174. The average molecular weight is 450 g/mol. The first-order valence-electron chi connectivity index (χ1n) is 9.00. The lowest BCUT2D eigenvalue weighted by atomic mass is 10.1. The van der Waals surface area contributed by atoms with E-state index >= 15 is 0 Å². The highest BCUT2D eigenvalue weighted by Gasteiger charge is 2.16. The summed E-state index contributed by atoms with van der Waals surface area (Å²) in [4.78, 5) is 12.4. The summed E-state index contributed by atoms with van der Waals surface area (Å²) in [5.41, 5.74) is 5.07. The number of hydrogen-bond donors (Lipinski definition) is 2. The Morgan fingerprint density at radius 1 is 1.10 bits per heavy atom. The fraction of sp³-hybridized carbons (Fsp3) is 0.0909. The number of imidazole rings is 1. The number of halogens is 1. The van der Waals surface area contributed by atoms with Crippen LogP contribution in [0.4, 0.5) is 5.69 Å². The van der Waals surface area contributed by atoms with Gasteiger partial charge in [0.2, 0.25) is 6.79 Å². The van der Waals surface area contributed by atoms with Gasteiger partial charge in [-0.05, 0) is 70.9 Å². The largest absolute Gasteiger partial charge is 0.507 e. The number of nitrogens with one attached hydrogen (secondary N) is 1. The molecule has 0 atom stereocenters. The fourth-order valence-electron chi connectivity index (χ4n) is 3.22. The number of benzene rings is 3. The summed E-state index contributed by atoms with van der Waals surface area (Å²) in [5.74, 6) is 2.15. The first kappa shape index (κ1) is 17.8. The van der Waals surface area contributed by atoms with Gasteiger partial charge in [-0.15, -0.1) is 0 Å². The molecule has 0 bridgehead atoms. The third-order valence-electron chi connectivity index (χ3n) is 4.72. The van der Waals surface area contributed by atoms with E-state index in [0.29, 0.717) is 28.6 Å². The van der Waals surface area contributed by atoms with Crippen LogP contribution in [0.2, 0.25) is 0 Å².